The zero-order valence-corrected chi connectivity index (χ0v) is 12.5. The number of rotatable bonds is 4. The first-order valence-corrected chi connectivity index (χ1v) is 6.93. The largest absolute Gasteiger partial charge is 0.466 e. The second-order valence-corrected chi connectivity index (χ2v) is 5.04. The maximum absolute atomic E-state index is 12.4. The van der Waals surface area contributed by atoms with Gasteiger partial charge in [0.25, 0.3) is 0 Å². The van der Waals surface area contributed by atoms with Crippen LogP contribution in [0.5, 0.6) is 0 Å². The molecule has 0 fully saturated rings. The maximum atomic E-state index is 12.4. The lowest BCUT2D eigenvalue weighted by Crippen LogP contribution is -2.42. The van der Waals surface area contributed by atoms with E-state index in [2.05, 4.69) is 10.6 Å². The Balaban J connectivity index is 2.13. The molecule has 0 spiro atoms. The highest BCUT2D eigenvalue weighted by Gasteiger charge is 2.35. The minimum atomic E-state index is -0.829. The molecule has 0 aromatic heterocycles. The molecule has 6 nitrogen and oxygen atoms in total. The van der Waals surface area contributed by atoms with Gasteiger partial charge in [-0.15, -0.1) is 0 Å². The van der Waals surface area contributed by atoms with E-state index in [1.807, 2.05) is 30.3 Å². The van der Waals surface area contributed by atoms with E-state index in [4.69, 9.17) is 4.74 Å². The van der Waals surface area contributed by atoms with Crippen LogP contribution in [0, 0.1) is 5.92 Å². The van der Waals surface area contributed by atoms with Crippen molar-refractivity contribution in [2.45, 2.75) is 19.9 Å². The van der Waals surface area contributed by atoms with Crippen LogP contribution < -0.4 is 10.6 Å². The van der Waals surface area contributed by atoms with Crippen molar-refractivity contribution in [3.63, 3.8) is 0 Å². The number of ether oxygens (including phenoxy) is 1. The van der Waals surface area contributed by atoms with E-state index in [0.717, 1.165) is 5.56 Å². The SMILES string of the molecule is COC(=O)C1=C(C)NC(=O)C[C@H]1C(=O)NCc1ccccc1. The molecule has 1 aromatic rings. The molecule has 1 atom stereocenters. The summed E-state index contributed by atoms with van der Waals surface area (Å²) in [5.74, 6) is -2.08. The highest BCUT2D eigenvalue weighted by molar-refractivity contribution is 6.02. The summed E-state index contributed by atoms with van der Waals surface area (Å²) >= 11 is 0. The highest BCUT2D eigenvalue weighted by atomic mass is 16.5. The average molecular weight is 302 g/mol. The molecular weight excluding hydrogens is 284 g/mol. The van der Waals surface area contributed by atoms with Crippen LogP contribution in [0.25, 0.3) is 0 Å². The van der Waals surface area contributed by atoms with Gasteiger partial charge < -0.3 is 15.4 Å². The van der Waals surface area contributed by atoms with Crippen LogP contribution in [0.3, 0.4) is 0 Å². The summed E-state index contributed by atoms with van der Waals surface area (Å²) in [7, 11) is 1.25. The number of benzene rings is 1. The first-order valence-electron chi connectivity index (χ1n) is 6.93. The fourth-order valence-electron chi connectivity index (χ4n) is 2.41. The molecule has 116 valence electrons. The average Bonchev–Trinajstić information content (AvgIpc) is 2.52. The van der Waals surface area contributed by atoms with Gasteiger partial charge in [-0.2, -0.15) is 0 Å². The van der Waals surface area contributed by atoms with Gasteiger partial charge in [0.2, 0.25) is 11.8 Å². The van der Waals surface area contributed by atoms with Gasteiger partial charge in [-0.25, -0.2) is 4.79 Å². The number of hydrogen-bond acceptors (Lipinski definition) is 4. The normalized spacial score (nSPS) is 17.7. The van der Waals surface area contributed by atoms with Crippen molar-refractivity contribution in [2.75, 3.05) is 7.11 Å². The van der Waals surface area contributed by atoms with E-state index in [9.17, 15) is 14.4 Å². The topological polar surface area (TPSA) is 84.5 Å². The van der Waals surface area contributed by atoms with E-state index in [1.54, 1.807) is 6.92 Å². The summed E-state index contributed by atoms with van der Waals surface area (Å²) in [6, 6.07) is 9.41. The summed E-state index contributed by atoms with van der Waals surface area (Å²) in [5.41, 5.74) is 1.51. The maximum Gasteiger partial charge on any atom is 0.336 e. The predicted octanol–water partition coefficient (Wildman–Crippen LogP) is 0.886. The summed E-state index contributed by atoms with van der Waals surface area (Å²) < 4.78 is 4.71. The molecular formula is C16H18N2O4. The first kappa shape index (κ1) is 15.8. The molecule has 0 aliphatic carbocycles. The number of allylic oxidation sites excluding steroid dienone is 1. The van der Waals surface area contributed by atoms with Crippen LogP contribution in [0.1, 0.15) is 18.9 Å². The summed E-state index contributed by atoms with van der Waals surface area (Å²) in [5, 5.41) is 5.32. The molecule has 1 aliphatic rings. The summed E-state index contributed by atoms with van der Waals surface area (Å²) in [6.45, 7) is 1.92. The molecule has 0 bridgehead atoms. The Morgan fingerprint density at radius 3 is 2.64 bits per heavy atom. The number of hydrogen-bond donors (Lipinski definition) is 2. The van der Waals surface area contributed by atoms with Crippen LogP contribution in [-0.2, 0) is 25.7 Å². The van der Waals surface area contributed by atoms with E-state index >= 15 is 0 Å². The molecule has 0 saturated carbocycles. The Hall–Kier alpha value is -2.63. The molecule has 0 unspecified atom stereocenters. The molecule has 2 amide bonds. The molecule has 22 heavy (non-hydrogen) atoms. The Kier molecular flexibility index (Phi) is 4.93. The molecule has 1 heterocycles. The van der Waals surface area contributed by atoms with Crippen LogP contribution in [0.15, 0.2) is 41.6 Å². The Morgan fingerprint density at radius 2 is 2.00 bits per heavy atom. The second-order valence-electron chi connectivity index (χ2n) is 5.04. The van der Waals surface area contributed by atoms with Gasteiger partial charge in [0.05, 0.1) is 18.6 Å². The van der Waals surface area contributed by atoms with Crippen molar-refractivity contribution in [1.82, 2.24) is 10.6 Å². The van der Waals surface area contributed by atoms with Gasteiger partial charge in [-0.05, 0) is 12.5 Å². The van der Waals surface area contributed by atoms with Crippen molar-refractivity contribution in [2.24, 2.45) is 5.92 Å². The number of nitrogens with one attached hydrogen (secondary N) is 2. The Labute approximate surface area is 128 Å². The summed E-state index contributed by atoms with van der Waals surface area (Å²) in [6.07, 6.45) is -0.0671. The van der Waals surface area contributed by atoms with E-state index in [0.29, 0.717) is 12.2 Å². The van der Waals surface area contributed by atoms with Crippen molar-refractivity contribution in [1.29, 1.82) is 0 Å². The number of amides is 2. The molecule has 0 saturated heterocycles. The van der Waals surface area contributed by atoms with Gasteiger partial charge in [0.1, 0.15) is 0 Å². The fourth-order valence-corrected chi connectivity index (χ4v) is 2.41. The molecule has 1 aliphatic heterocycles. The third-order valence-corrected chi connectivity index (χ3v) is 3.50. The monoisotopic (exact) mass is 302 g/mol. The van der Waals surface area contributed by atoms with Crippen LogP contribution in [0.2, 0.25) is 0 Å². The zero-order chi connectivity index (χ0) is 16.1. The number of carbonyl (C=O) groups excluding carboxylic acids is 3. The van der Waals surface area contributed by atoms with Crippen molar-refractivity contribution in [3.05, 3.63) is 47.2 Å². The van der Waals surface area contributed by atoms with Gasteiger partial charge in [-0.3, -0.25) is 9.59 Å². The van der Waals surface area contributed by atoms with Crippen molar-refractivity contribution >= 4 is 17.8 Å². The highest BCUT2D eigenvalue weighted by Crippen LogP contribution is 2.24. The lowest BCUT2D eigenvalue weighted by atomic mass is 9.89. The van der Waals surface area contributed by atoms with Crippen LogP contribution in [-0.4, -0.2) is 24.9 Å². The molecule has 2 N–H and O–H groups in total. The minimum Gasteiger partial charge on any atom is -0.466 e. The predicted molar refractivity (Wildman–Crippen MR) is 79.3 cm³/mol. The smallest absolute Gasteiger partial charge is 0.336 e. The Bertz CT molecular complexity index is 622. The quantitative estimate of drug-likeness (QED) is 0.809. The van der Waals surface area contributed by atoms with Gasteiger partial charge >= 0.3 is 5.97 Å². The fraction of sp³-hybridized carbons (Fsp3) is 0.312. The minimum absolute atomic E-state index is 0.0671. The first-order chi connectivity index (χ1) is 10.5. The number of methoxy groups -OCH3 is 1. The van der Waals surface area contributed by atoms with Crippen LogP contribution in [0.4, 0.5) is 0 Å². The van der Waals surface area contributed by atoms with E-state index < -0.39 is 11.9 Å². The molecule has 1 aromatic carbocycles. The standard InChI is InChI=1S/C16H18N2O4/c1-10-14(16(21)22-2)12(8-13(19)18-10)15(20)17-9-11-6-4-3-5-7-11/h3-7,12H,8-9H2,1-2H3,(H,17,20)(H,18,19)/t12-/m1/s1. The Morgan fingerprint density at radius 1 is 1.32 bits per heavy atom. The molecule has 6 heteroatoms. The summed E-state index contributed by atoms with van der Waals surface area (Å²) in [4.78, 5) is 35.9. The van der Waals surface area contributed by atoms with Crippen LogP contribution >= 0.6 is 0 Å². The third-order valence-electron chi connectivity index (χ3n) is 3.50. The molecule has 2 rings (SSSR count). The van der Waals surface area contributed by atoms with Gasteiger partial charge in [0, 0.05) is 18.7 Å². The second kappa shape index (κ2) is 6.89. The zero-order valence-electron chi connectivity index (χ0n) is 12.5. The van der Waals surface area contributed by atoms with Gasteiger partial charge in [0.15, 0.2) is 0 Å². The lowest BCUT2D eigenvalue weighted by molar-refractivity contribution is -0.139. The van der Waals surface area contributed by atoms with Crippen molar-refractivity contribution < 1.29 is 19.1 Å². The van der Waals surface area contributed by atoms with Crippen molar-refractivity contribution in [3.8, 4) is 0 Å². The van der Waals surface area contributed by atoms with Gasteiger partial charge in [-0.1, -0.05) is 30.3 Å². The lowest BCUT2D eigenvalue weighted by Gasteiger charge is -2.25. The third kappa shape index (κ3) is 3.52. The number of esters is 1. The van der Waals surface area contributed by atoms with E-state index in [1.165, 1.54) is 7.11 Å². The van der Waals surface area contributed by atoms with E-state index in [-0.39, 0.29) is 23.8 Å². The number of carbonyl (C=O) groups is 3. The molecule has 0 radical (unpaired) electrons.